The predicted molar refractivity (Wildman–Crippen MR) is 46.5 cm³/mol. The standard InChI is InChI=1S/C8H4F2N4O2/c9-5-2-4(8(15)16)6(10)1-3(5)7-11-13-14-12-7/h1-2H,(H,15,16)(H,11,12,13,14). The van der Waals surface area contributed by atoms with E-state index in [4.69, 9.17) is 5.11 Å². The molecule has 0 unspecified atom stereocenters. The van der Waals surface area contributed by atoms with Gasteiger partial charge >= 0.3 is 5.97 Å². The van der Waals surface area contributed by atoms with Crippen molar-refractivity contribution in [3.63, 3.8) is 0 Å². The molecule has 0 bridgehead atoms. The number of halogens is 2. The van der Waals surface area contributed by atoms with E-state index in [1.54, 1.807) is 0 Å². The molecule has 2 N–H and O–H groups in total. The Bertz CT molecular complexity index is 541. The number of H-pyrrole nitrogens is 1. The maximum Gasteiger partial charge on any atom is 0.338 e. The second kappa shape index (κ2) is 3.65. The summed E-state index contributed by atoms with van der Waals surface area (Å²) >= 11 is 0. The van der Waals surface area contributed by atoms with Crippen LogP contribution in [0.1, 0.15) is 10.4 Å². The van der Waals surface area contributed by atoms with Gasteiger partial charge in [-0.05, 0) is 17.3 Å². The summed E-state index contributed by atoms with van der Waals surface area (Å²) < 4.78 is 26.6. The van der Waals surface area contributed by atoms with Crippen LogP contribution in [0.2, 0.25) is 0 Å². The molecule has 1 aromatic carbocycles. The van der Waals surface area contributed by atoms with Gasteiger partial charge in [-0.25, -0.2) is 13.6 Å². The van der Waals surface area contributed by atoms with E-state index in [0.717, 1.165) is 0 Å². The number of aromatic amines is 1. The maximum absolute atomic E-state index is 13.4. The van der Waals surface area contributed by atoms with Gasteiger partial charge in [-0.2, -0.15) is 5.21 Å². The Morgan fingerprint density at radius 3 is 2.62 bits per heavy atom. The Morgan fingerprint density at radius 2 is 2.06 bits per heavy atom. The van der Waals surface area contributed by atoms with E-state index >= 15 is 0 Å². The lowest BCUT2D eigenvalue weighted by molar-refractivity contribution is 0.0691. The first kappa shape index (κ1) is 10.1. The lowest BCUT2D eigenvalue weighted by atomic mass is 10.1. The van der Waals surface area contributed by atoms with Gasteiger partial charge in [-0.3, -0.25) is 0 Å². The summed E-state index contributed by atoms with van der Waals surface area (Å²) in [4.78, 5) is 10.5. The molecule has 0 saturated heterocycles. The second-order valence-corrected chi connectivity index (χ2v) is 2.85. The quantitative estimate of drug-likeness (QED) is 0.791. The SMILES string of the molecule is O=C(O)c1cc(F)c(-c2nn[nH]n2)cc1F. The molecule has 6 nitrogen and oxygen atoms in total. The lowest BCUT2D eigenvalue weighted by Gasteiger charge is -2.01. The molecule has 1 heterocycles. The second-order valence-electron chi connectivity index (χ2n) is 2.85. The molecule has 16 heavy (non-hydrogen) atoms. The average Bonchev–Trinajstić information content (AvgIpc) is 2.73. The zero-order valence-electron chi connectivity index (χ0n) is 7.61. The van der Waals surface area contributed by atoms with Crippen LogP contribution in [0, 0.1) is 11.6 Å². The summed E-state index contributed by atoms with van der Waals surface area (Å²) in [6.07, 6.45) is 0. The maximum atomic E-state index is 13.4. The highest BCUT2D eigenvalue weighted by Crippen LogP contribution is 2.21. The van der Waals surface area contributed by atoms with Crippen molar-refractivity contribution < 1.29 is 18.7 Å². The smallest absolute Gasteiger partial charge is 0.338 e. The van der Waals surface area contributed by atoms with Crippen LogP contribution in [0.25, 0.3) is 11.4 Å². The molecule has 2 rings (SSSR count). The number of nitrogens with zero attached hydrogens (tertiary/aromatic N) is 3. The van der Waals surface area contributed by atoms with Gasteiger partial charge in [-0.15, -0.1) is 10.2 Å². The number of tetrazole rings is 1. The minimum absolute atomic E-state index is 0.145. The zero-order valence-corrected chi connectivity index (χ0v) is 7.61. The van der Waals surface area contributed by atoms with Gasteiger partial charge < -0.3 is 5.11 Å². The number of aromatic carboxylic acids is 1. The van der Waals surface area contributed by atoms with Crippen LogP contribution in [0.4, 0.5) is 8.78 Å². The van der Waals surface area contributed by atoms with Crippen molar-refractivity contribution in [3.05, 3.63) is 29.3 Å². The van der Waals surface area contributed by atoms with Gasteiger partial charge in [0.2, 0.25) is 5.82 Å². The van der Waals surface area contributed by atoms with Crippen molar-refractivity contribution in [3.8, 4) is 11.4 Å². The molecule has 0 amide bonds. The first-order chi connectivity index (χ1) is 7.59. The molecule has 0 aliphatic heterocycles. The molecule has 2 aromatic rings. The monoisotopic (exact) mass is 226 g/mol. The van der Waals surface area contributed by atoms with Gasteiger partial charge in [0.25, 0.3) is 0 Å². The molecular formula is C8H4F2N4O2. The van der Waals surface area contributed by atoms with Gasteiger partial charge in [-0.1, -0.05) is 0 Å². The van der Waals surface area contributed by atoms with Crippen LogP contribution in [0.5, 0.6) is 0 Å². The third-order valence-corrected chi connectivity index (χ3v) is 1.87. The summed E-state index contributed by atoms with van der Waals surface area (Å²) in [5.74, 6) is -3.68. The predicted octanol–water partition coefficient (Wildman–Crippen LogP) is 0.843. The number of aromatic nitrogens is 4. The van der Waals surface area contributed by atoms with Crippen molar-refractivity contribution in [2.75, 3.05) is 0 Å². The van der Waals surface area contributed by atoms with E-state index in [2.05, 4.69) is 20.6 Å². The van der Waals surface area contributed by atoms with Crippen molar-refractivity contribution in [2.45, 2.75) is 0 Å². The Labute approximate surface area is 86.9 Å². The highest BCUT2D eigenvalue weighted by molar-refractivity contribution is 5.88. The minimum atomic E-state index is -1.55. The van der Waals surface area contributed by atoms with E-state index in [-0.39, 0.29) is 11.4 Å². The van der Waals surface area contributed by atoms with Crippen molar-refractivity contribution >= 4 is 5.97 Å². The molecule has 0 fully saturated rings. The van der Waals surface area contributed by atoms with Crippen LogP contribution in [0.15, 0.2) is 12.1 Å². The fourth-order valence-corrected chi connectivity index (χ4v) is 1.16. The molecule has 0 saturated carbocycles. The number of benzene rings is 1. The summed E-state index contributed by atoms with van der Waals surface area (Å²) in [6.45, 7) is 0. The van der Waals surface area contributed by atoms with Crippen molar-refractivity contribution in [2.24, 2.45) is 0 Å². The van der Waals surface area contributed by atoms with Crippen LogP contribution in [0.3, 0.4) is 0 Å². The molecule has 0 atom stereocenters. The van der Waals surface area contributed by atoms with Crippen LogP contribution < -0.4 is 0 Å². The molecule has 82 valence electrons. The summed E-state index contributed by atoms with van der Waals surface area (Å²) in [7, 11) is 0. The number of carboxylic acids is 1. The molecule has 1 aromatic heterocycles. The van der Waals surface area contributed by atoms with Gasteiger partial charge in [0.1, 0.15) is 11.6 Å². The fraction of sp³-hybridized carbons (Fsp3) is 0. The number of hydrogen-bond donors (Lipinski definition) is 2. The average molecular weight is 226 g/mol. The topological polar surface area (TPSA) is 91.8 Å². The third-order valence-electron chi connectivity index (χ3n) is 1.87. The Kier molecular flexibility index (Phi) is 2.31. The van der Waals surface area contributed by atoms with Crippen LogP contribution >= 0.6 is 0 Å². The number of rotatable bonds is 2. The van der Waals surface area contributed by atoms with Crippen LogP contribution in [-0.2, 0) is 0 Å². The van der Waals surface area contributed by atoms with Crippen LogP contribution in [-0.4, -0.2) is 31.7 Å². The number of hydrogen-bond acceptors (Lipinski definition) is 4. The van der Waals surface area contributed by atoms with E-state index in [1.807, 2.05) is 0 Å². The lowest BCUT2D eigenvalue weighted by Crippen LogP contribution is -2.02. The number of carboxylic acid groups (broad SMARTS) is 1. The highest BCUT2D eigenvalue weighted by atomic mass is 19.1. The van der Waals surface area contributed by atoms with E-state index in [9.17, 15) is 13.6 Å². The summed E-state index contributed by atoms with van der Waals surface area (Å²) in [6, 6.07) is 1.28. The first-order valence-electron chi connectivity index (χ1n) is 4.05. The van der Waals surface area contributed by atoms with E-state index < -0.39 is 23.2 Å². The third kappa shape index (κ3) is 1.60. The number of carbonyl (C=O) groups is 1. The van der Waals surface area contributed by atoms with Crippen molar-refractivity contribution in [1.82, 2.24) is 20.6 Å². The van der Waals surface area contributed by atoms with Gasteiger partial charge in [0, 0.05) is 0 Å². The number of nitrogens with one attached hydrogen (secondary N) is 1. The molecule has 0 aliphatic carbocycles. The molecule has 0 radical (unpaired) electrons. The van der Waals surface area contributed by atoms with E-state index in [1.165, 1.54) is 0 Å². The minimum Gasteiger partial charge on any atom is -0.478 e. The summed E-state index contributed by atoms with van der Waals surface area (Å²) in [5, 5.41) is 20.7. The zero-order chi connectivity index (χ0) is 11.7. The molecule has 8 heteroatoms. The van der Waals surface area contributed by atoms with Gasteiger partial charge in [0.05, 0.1) is 11.1 Å². The largest absolute Gasteiger partial charge is 0.478 e. The molecule has 0 spiro atoms. The molecule has 0 aliphatic rings. The Balaban J connectivity index is 2.59. The van der Waals surface area contributed by atoms with Gasteiger partial charge in [0.15, 0.2) is 0 Å². The Morgan fingerprint density at radius 1 is 1.31 bits per heavy atom. The highest BCUT2D eigenvalue weighted by Gasteiger charge is 2.17. The fourth-order valence-electron chi connectivity index (χ4n) is 1.16. The first-order valence-corrected chi connectivity index (χ1v) is 4.05. The Hall–Kier alpha value is -2.38. The summed E-state index contributed by atoms with van der Waals surface area (Å²) in [5.41, 5.74) is -0.999. The van der Waals surface area contributed by atoms with Crippen molar-refractivity contribution in [1.29, 1.82) is 0 Å². The molecular weight excluding hydrogens is 222 g/mol. The van der Waals surface area contributed by atoms with E-state index in [0.29, 0.717) is 12.1 Å². The normalized spacial score (nSPS) is 10.4.